The first-order valence-corrected chi connectivity index (χ1v) is 6.93. The lowest BCUT2D eigenvalue weighted by Crippen LogP contribution is -2.12. The van der Waals surface area contributed by atoms with Crippen LogP contribution in [0.15, 0.2) is 34.9 Å². The largest absolute Gasteiger partial charge is 0.287 e. The van der Waals surface area contributed by atoms with Gasteiger partial charge >= 0.3 is 0 Å². The maximum atomic E-state index is 12.4. The first-order valence-electron chi connectivity index (χ1n) is 6.13. The van der Waals surface area contributed by atoms with Gasteiger partial charge in [0.25, 0.3) is 0 Å². The third-order valence-corrected chi connectivity index (χ3v) is 3.70. The van der Waals surface area contributed by atoms with Crippen LogP contribution in [-0.2, 0) is 12.5 Å². The summed E-state index contributed by atoms with van der Waals surface area (Å²) in [7, 11) is 1.77. The van der Waals surface area contributed by atoms with E-state index >= 15 is 0 Å². The molecule has 0 aliphatic carbocycles. The third-order valence-electron chi connectivity index (χ3n) is 3.12. The van der Waals surface area contributed by atoms with Crippen LogP contribution in [0.1, 0.15) is 42.4 Å². The van der Waals surface area contributed by atoms with Crippen LogP contribution in [0, 0.1) is 0 Å². The molecule has 0 aliphatic heterocycles. The van der Waals surface area contributed by atoms with E-state index in [0.29, 0.717) is 11.3 Å². The molecule has 0 saturated carbocycles. The van der Waals surface area contributed by atoms with Crippen LogP contribution in [0.4, 0.5) is 0 Å². The Labute approximate surface area is 121 Å². The highest BCUT2D eigenvalue weighted by Gasteiger charge is 2.18. The fourth-order valence-electron chi connectivity index (χ4n) is 1.92. The van der Waals surface area contributed by atoms with Crippen LogP contribution in [0.5, 0.6) is 0 Å². The highest BCUT2D eigenvalue weighted by atomic mass is 79.9. The van der Waals surface area contributed by atoms with Crippen molar-refractivity contribution in [2.45, 2.75) is 26.2 Å². The van der Waals surface area contributed by atoms with Crippen molar-refractivity contribution in [3.63, 3.8) is 0 Å². The number of aryl methyl sites for hydroxylation is 1. The molecule has 0 N–H and O–H groups in total. The van der Waals surface area contributed by atoms with Gasteiger partial charge in [-0.05, 0) is 26.9 Å². The summed E-state index contributed by atoms with van der Waals surface area (Å²) in [5, 5.41) is 4.07. The molecular weight excluding hydrogens is 304 g/mol. The summed E-state index contributed by atoms with van der Waals surface area (Å²) >= 11 is 3.36. The van der Waals surface area contributed by atoms with Crippen molar-refractivity contribution in [2.75, 3.05) is 0 Å². The molecule has 1 aromatic heterocycles. The van der Waals surface area contributed by atoms with E-state index in [4.69, 9.17) is 0 Å². The number of ketones is 1. The second-order valence-corrected chi connectivity index (χ2v) is 6.48. The Morgan fingerprint density at radius 2 is 1.79 bits per heavy atom. The number of benzene rings is 1. The molecule has 0 bridgehead atoms. The monoisotopic (exact) mass is 320 g/mol. The normalized spacial score (nSPS) is 11.6. The number of nitrogens with zero attached hydrogens (tertiary/aromatic N) is 2. The van der Waals surface area contributed by atoms with Crippen molar-refractivity contribution < 1.29 is 4.79 Å². The van der Waals surface area contributed by atoms with Gasteiger partial charge in [0.1, 0.15) is 5.69 Å². The maximum Gasteiger partial charge on any atom is 0.212 e. The number of rotatable bonds is 2. The Kier molecular flexibility index (Phi) is 3.63. The standard InChI is InChI=1S/C15H17BrN2O/c1-15(2,3)11-7-5-10(6-8-11)14(19)13-12(16)9-17-18(13)4/h5-9H,1-4H3. The Hall–Kier alpha value is -1.42. The Bertz CT molecular complexity index is 587. The van der Waals surface area contributed by atoms with Crippen molar-refractivity contribution in [3.05, 3.63) is 51.8 Å². The van der Waals surface area contributed by atoms with Crippen molar-refractivity contribution >= 4 is 21.7 Å². The first-order chi connectivity index (χ1) is 8.80. The second kappa shape index (κ2) is 4.93. The van der Waals surface area contributed by atoms with Gasteiger partial charge in [-0.15, -0.1) is 0 Å². The molecule has 0 unspecified atom stereocenters. The number of halogens is 1. The minimum atomic E-state index is -0.0210. The smallest absolute Gasteiger partial charge is 0.212 e. The summed E-state index contributed by atoms with van der Waals surface area (Å²) in [5.74, 6) is -0.0210. The first kappa shape index (κ1) is 14.0. The number of carbonyl (C=O) groups is 1. The van der Waals surface area contributed by atoms with Crippen molar-refractivity contribution in [1.29, 1.82) is 0 Å². The quantitative estimate of drug-likeness (QED) is 0.790. The minimum absolute atomic E-state index is 0.0210. The molecule has 2 rings (SSSR count). The molecule has 1 heterocycles. The van der Waals surface area contributed by atoms with Crippen LogP contribution in [-0.4, -0.2) is 15.6 Å². The summed E-state index contributed by atoms with van der Waals surface area (Å²) in [5.41, 5.74) is 2.56. The molecule has 3 nitrogen and oxygen atoms in total. The average Bonchev–Trinajstić information content (AvgIpc) is 2.67. The molecule has 100 valence electrons. The Morgan fingerprint density at radius 1 is 1.21 bits per heavy atom. The molecule has 19 heavy (non-hydrogen) atoms. The second-order valence-electron chi connectivity index (χ2n) is 5.62. The summed E-state index contributed by atoms with van der Waals surface area (Å²) in [6.07, 6.45) is 1.64. The van der Waals surface area contributed by atoms with Gasteiger partial charge in [-0.1, -0.05) is 45.0 Å². The summed E-state index contributed by atoms with van der Waals surface area (Å²) < 4.78 is 2.31. The van der Waals surface area contributed by atoms with E-state index in [-0.39, 0.29) is 11.2 Å². The molecule has 0 spiro atoms. The molecule has 4 heteroatoms. The summed E-state index contributed by atoms with van der Waals surface area (Å²) in [6, 6.07) is 7.78. The molecule has 1 aromatic carbocycles. The van der Waals surface area contributed by atoms with Gasteiger partial charge in [-0.2, -0.15) is 5.10 Å². The maximum absolute atomic E-state index is 12.4. The minimum Gasteiger partial charge on any atom is -0.287 e. The molecule has 0 amide bonds. The van der Waals surface area contributed by atoms with Gasteiger partial charge < -0.3 is 0 Å². The predicted octanol–water partition coefficient (Wildman–Crippen LogP) is 3.71. The third kappa shape index (κ3) is 2.78. The van der Waals surface area contributed by atoms with Crippen molar-refractivity contribution in [1.82, 2.24) is 9.78 Å². The summed E-state index contributed by atoms with van der Waals surface area (Å²) in [4.78, 5) is 12.4. The van der Waals surface area contributed by atoms with E-state index in [1.807, 2.05) is 24.3 Å². The van der Waals surface area contributed by atoms with E-state index in [1.165, 1.54) is 5.56 Å². The van der Waals surface area contributed by atoms with E-state index in [0.717, 1.165) is 4.47 Å². The number of hydrogen-bond acceptors (Lipinski definition) is 2. The zero-order chi connectivity index (χ0) is 14.2. The lowest BCUT2D eigenvalue weighted by Gasteiger charge is -2.19. The van der Waals surface area contributed by atoms with Crippen molar-refractivity contribution in [2.24, 2.45) is 7.05 Å². The van der Waals surface area contributed by atoms with E-state index in [1.54, 1.807) is 17.9 Å². The molecule has 0 aliphatic rings. The fourth-order valence-corrected chi connectivity index (χ4v) is 2.45. The van der Waals surface area contributed by atoms with E-state index in [9.17, 15) is 4.79 Å². The molecular formula is C15H17BrN2O. The van der Waals surface area contributed by atoms with Crippen LogP contribution in [0.25, 0.3) is 0 Å². The van der Waals surface area contributed by atoms with Crippen LogP contribution >= 0.6 is 15.9 Å². The highest BCUT2D eigenvalue weighted by Crippen LogP contribution is 2.24. The lowest BCUT2D eigenvalue weighted by atomic mass is 9.86. The van der Waals surface area contributed by atoms with Gasteiger partial charge in [-0.25, -0.2) is 0 Å². The van der Waals surface area contributed by atoms with Crippen molar-refractivity contribution in [3.8, 4) is 0 Å². The topological polar surface area (TPSA) is 34.9 Å². The van der Waals surface area contributed by atoms with Crippen LogP contribution in [0.3, 0.4) is 0 Å². The zero-order valence-electron chi connectivity index (χ0n) is 11.6. The predicted molar refractivity (Wildman–Crippen MR) is 79.5 cm³/mol. The molecule has 0 saturated heterocycles. The average molecular weight is 321 g/mol. The van der Waals surface area contributed by atoms with Gasteiger partial charge in [0.2, 0.25) is 5.78 Å². The van der Waals surface area contributed by atoms with E-state index in [2.05, 4.69) is 41.8 Å². The molecule has 0 atom stereocenters. The molecule has 2 aromatic rings. The number of hydrogen-bond donors (Lipinski definition) is 0. The Morgan fingerprint density at radius 3 is 2.21 bits per heavy atom. The number of carbonyl (C=O) groups excluding carboxylic acids is 1. The van der Waals surface area contributed by atoms with E-state index < -0.39 is 0 Å². The van der Waals surface area contributed by atoms with Gasteiger partial charge in [-0.3, -0.25) is 9.48 Å². The number of aromatic nitrogens is 2. The molecule has 0 fully saturated rings. The van der Waals surface area contributed by atoms with Gasteiger partial charge in [0.05, 0.1) is 10.7 Å². The highest BCUT2D eigenvalue weighted by molar-refractivity contribution is 9.10. The van der Waals surface area contributed by atoms with Crippen LogP contribution in [0.2, 0.25) is 0 Å². The van der Waals surface area contributed by atoms with Gasteiger partial charge in [0, 0.05) is 12.6 Å². The van der Waals surface area contributed by atoms with Crippen LogP contribution < -0.4 is 0 Å². The lowest BCUT2D eigenvalue weighted by molar-refractivity contribution is 0.102. The zero-order valence-corrected chi connectivity index (χ0v) is 13.2. The van der Waals surface area contributed by atoms with Gasteiger partial charge in [0.15, 0.2) is 0 Å². The molecule has 0 radical (unpaired) electrons. The SMILES string of the molecule is Cn1ncc(Br)c1C(=O)c1ccc(C(C)(C)C)cc1. The summed E-state index contributed by atoms with van der Waals surface area (Å²) in [6.45, 7) is 6.46. The Balaban J connectivity index is 2.36. The fraction of sp³-hybridized carbons (Fsp3) is 0.333.